The number of likely N-dealkylation sites (N-methyl/N-ethyl adjacent to an activating group) is 1. The third-order valence-electron chi connectivity index (χ3n) is 9.39. The van der Waals surface area contributed by atoms with E-state index in [9.17, 15) is 18.0 Å². The zero-order chi connectivity index (χ0) is 33.7. The molecular formula is C35H58N6O4S. The second-order valence-electron chi connectivity index (χ2n) is 13.9. The first-order chi connectivity index (χ1) is 21.9. The van der Waals surface area contributed by atoms with Gasteiger partial charge in [-0.2, -0.15) is 0 Å². The SMILES string of the molecule is C#CC[C@H](NC(=O)C(Cc1ccccc1)CS(=O)(=O)N(C)N1CCN(C)CC1)C(=O)NC(CC(N)CC(C)C)CC1CCCCC1. The standard InChI is InChI=1S/C35H58N6O4S/c1-6-13-33(35(43)37-32(25-31(36)22-27(2)3)24-29-16-11-8-12-17-29)38-34(42)30(23-28-14-9-7-10-15-28)26-46(44,45)40(5)41-20-18-39(4)19-21-41/h1,7,9-10,14-15,27,29-33H,8,11-13,16-26,36H2,2-5H3,(H,37,43)(H,38,42)/t30?,31?,32?,33-/m0/s1. The second-order valence-corrected chi connectivity index (χ2v) is 15.9. The third-order valence-corrected chi connectivity index (χ3v) is 11.3. The minimum absolute atomic E-state index is 0.00221. The molecule has 1 aromatic carbocycles. The zero-order valence-electron chi connectivity index (χ0n) is 28.5. The number of hydrazine groups is 1. The van der Waals surface area contributed by atoms with Crippen molar-refractivity contribution in [3.8, 4) is 12.3 Å². The summed E-state index contributed by atoms with van der Waals surface area (Å²) < 4.78 is 28.6. The molecule has 4 N–H and O–H groups in total. The molecule has 2 fully saturated rings. The number of nitrogens with zero attached hydrogens (tertiary/aromatic N) is 3. The van der Waals surface area contributed by atoms with Gasteiger partial charge in [-0.25, -0.2) is 13.4 Å². The molecule has 1 heterocycles. The number of nitrogens with one attached hydrogen (secondary N) is 2. The average Bonchev–Trinajstić information content (AvgIpc) is 3.01. The molecule has 258 valence electrons. The van der Waals surface area contributed by atoms with E-state index in [1.54, 1.807) is 12.1 Å². The summed E-state index contributed by atoms with van der Waals surface area (Å²) in [6.07, 6.45) is 14.2. The Bertz CT molecular complexity index is 1220. The van der Waals surface area contributed by atoms with Gasteiger partial charge in [0.25, 0.3) is 0 Å². The zero-order valence-corrected chi connectivity index (χ0v) is 29.3. The number of terminal acetylenes is 1. The number of nitrogens with two attached hydrogens (primary N) is 1. The van der Waals surface area contributed by atoms with Crippen LogP contribution in [0.2, 0.25) is 0 Å². The quantitative estimate of drug-likeness (QED) is 0.220. The van der Waals surface area contributed by atoms with Crippen LogP contribution in [-0.2, 0) is 26.0 Å². The molecule has 2 aliphatic rings. The molecule has 4 atom stereocenters. The third kappa shape index (κ3) is 12.6. The molecule has 3 rings (SSSR count). The summed E-state index contributed by atoms with van der Waals surface area (Å²) >= 11 is 0. The van der Waals surface area contributed by atoms with E-state index in [-0.39, 0.29) is 30.8 Å². The Morgan fingerprint density at radius 3 is 2.28 bits per heavy atom. The van der Waals surface area contributed by atoms with Gasteiger partial charge < -0.3 is 21.3 Å². The molecule has 1 aliphatic carbocycles. The van der Waals surface area contributed by atoms with Crippen LogP contribution in [0.15, 0.2) is 30.3 Å². The van der Waals surface area contributed by atoms with E-state index in [4.69, 9.17) is 12.2 Å². The van der Waals surface area contributed by atoms with Crippen molar-refractivity contribution in [3.63, 3.8) is 0 Å². The van der Waals surface area contributed by atoms with Crippen molar-refractivity contribution in [1.29, 1.82) is 0 Å². The highest BCUT2D eigenvalue weighted by molar-refractivity contribution is 7.89. The van der Waals surface area contributed by atoms with Gasteiger partial charge in [-0.15, -0.1) is 16.8 Å². The summed E-state index contributed by atoms with van der Waals surface area (Å²) in [4.78, 5) is 29.8. The van der Waals surface area contributed by atoms with E-state index in [2.05, 4.69) is 35.3 Å². The minimum Gasteiger partial charge on any atom is -0.351 e. The molecule has 10 nitrogen and oxygen atoms in total. The van der Waals surface area contributed by atoms with Gasteiger partial charge >= 0.3 is 0 Å². The van der Waals surface area contributed by atoms with E-state index in [0.29, 0.717) is 31.3 Å². The van der Waals surface area contributed by atoms with Gasteiger partial charge in [0.2, 0.25) is 21.8 Å². The maximum atomic E-state index is 13.9. The Labute approximate surface area is 278 Å². The predicted octanol–water partition coefficient (Wildman–Crippen LogP) is 3.00. The van der Waals surface area contributed by atoms with Crippen molar-refractivity contribution in [3.05, 3.63) is 35.9 Å². The van der Waals surface area contributed by atoms with Crippen LogP contribution in [-0.4, -0.2) is 98.7 Å². The largest absolute Gasteiger partial charge is 0.351 e. The summed E-state index contributed by atoms with van der Waals surface area (Å²) in [6, 6.07) is 8.19. The van der Waals surface area contributed by atoms with Crippen molar-refractivity contribution < 1.29 is 18.0 Å². The molecule has 1 aliphatic heterocycles. The minimum atomic E-state index is -3.84. The summed E-state index contributed by atoms with van der Waals surface area (Å²) in [5, 5.41) is 7.85. The van der Waals surface area contributed by atoms with Crippen LogP contribution in [0.5, 0.6) is 0 Å². The van der Waals surface area contributed by atoms with E-state index in [1.165, 1.54) is 23.7 Å². The molecule has 11 heteroatoms. The summed E-state index contributed by atoms with van der Waals surface area (Å²) in [5.74, 6) is 1.35. The van der Waals surface area contributed by atoms with E-state index >= 15 is 0 Å². The smallest absolute Gasteiger partial charge is 0.243 e. The first kappa shape index (κ1) is 38.0. The van der Waals surface area contributed by atoms with Gasteiger partial charge in [0, 0.05) is 51.7 Å². The molecular weight excluding hydrogens is 600 g/mol. The normalized spacial score (nSPS) is 19.7. The molecule has 2 amide bonds. The molecule has 0 bridgehead atoms. The van der Waals surface area contributed by atoms with Crippen LogP contribution in [0.1, 0.15) is 77.2 Å². The lowest BCUT2D eigenvalue weighted by Crippen LogP contribution is -2.55. The van der Waals surface area contributed by atoms with Gasteiger partial charge in [0.15, 0.2) is 0 Å². The number of carbonyl (C=O) groups excluding carboxylic acids is 2. The highest BCUT2D eigenvalue weighted by atomic mass is 32.2. The number of sulfonamides is 1. The monoisotopic (exact) mass is 658 g/mol. The molecule has 0 aromatic heterocycles. The summed E-state index contributed by atoms with van der Waals surface area (Å²) in [6.45, 7) is 6.94. The predicted molar refractivity (Wildman–Crippen MR) is 185 cm³/mol. The Balaban J connectivity index is 1.76. The van der Waals surface area contributed by atoms with Crippen molar-refractivity contribution in [2.75, 3.05) is 46.0 Å². The van der Waals surface area contributed by atoms with Crippen molar-refractivity contribution in [1.82, 2.24) is 25.0 Å². The fourth-order valence-corrected chi connectivity index (χ4v) is 8.28. The van der Waals surface area contributed by atoms with Crippen molar-refractivity contribution in [2.45, 2.75) is 96.2 Å². The summed E-state index contributed by atoms with van der Waals surface area (Å²) in [5.41, 5.74) is 7.35. The van der Waals surface area contributed by atoms with Crippen LogP contribution in [0.3, 0.4) is 0 Å². The van der Waals surface area contributed by atoms with Crippen molar-refractivity contribution >= 4 is 21.8 Å². The number of benzene rings is 1. The number of carbonyl (C=O) groups is 2. The first-order valence-electron chi connectivity index (χ1n) is 17.1. The van der Waals surface area contributed by atoms with Gasteiger partial charge in [-0.1, -0.05) is 76.3 Å². The number of rotatable bonds is 17. The molecule has 46 heavy (non-hydrogen) atoms. The fraction of sp³-hybridized carbons (Fsp3) is 0.714. The molecule has 0 spiro atoms. The molecule has 0 radical (unpaired) electrons. The lowest BCUT2D eigenvalue weighted by atomic mass is 9.83. The van der Waals surface area contributed by atoms with Crippen LogP contribution < -0.4 is 16.4 Å². The van der Waals surface area contributed by atoms with Crippen LogP contribution in [0, 0.1) is 30.1 Å². The molecule has 1 saturated heterocycles. The molecule has 3 unspecified atom stereocenters. The number of hydrogen-bond acceptors (Lipinski definition) is 7. The van der Waals surface area contributed by atoms with Gasteiger partial charge in [0.1, 0.15) is 6.04 Å². The Morgan fingerprint density at radius 1 is 1.02 bits per heavy atom. The average molecular weight is 659 g/mol. The maximum absolute atomic E-state index is 13.9. The topological polar surface area (TPSA) is 128 Å². The first-order valence-corrected chi connectivity index (χ1v) is 18.7. The van der Waals surface area contributed by atoms with Crippen LogP contribution in [0.4, 0.5) is 0 Å². The Kier molecular flexibility index (Phi) is 15.5. The van der Waals surface area contributed by atoms with E-state index in [0.717, 1.165) is 44.3 Å². The highest BCUT2D eigenvalue weighted by Gasteiger charge is 2.34. The highest BCUT2D eigenvalue weighted by Crippen LogP contribution is 2.28. The Hall–Kier alpha value is -2.49. The number of hydrogen-bond donors (Lipinski definition) is 3. The second kappa shape index (κ2) is 18.7. The van der Waals surface area contributed by atoms with Crippen molar-refractivity contribution in [2.24, 2.45) is 23.5 Å². The number of amides is 2. The van der Waals surface area contributed by atoms with E-state index < -0.39 is 33.6 Å². The molecule has 1 aromatic rings. The fourth-order valence-electron chi connectivity index (χ4n) is 6.77. The van der Waals surface area contributed by atoms with Crippen LogP contribution >= 0.6 is 0 Å². The Morgan fingerprint density at radius 2 is 1.67 bits per heavy atom. The van der Waals surface area contributed by atoms with Gasteiger partial charge in [-0.05, 0) is 50.1 Å². The van der Waals surface area contributed by atoms with Crippen LogP contribution in [0.25, 0.3) is 0 Å². The molecule has 1 saturated carbocycles. The van der Waals surface area contributed by atoms with E-state index in [1.807, 2.05) is 37.4 Å². The number of piperazine rings is 1. The maximum Gasteiger partial charge on any atom is 0.243 e. The lowest BCUT2D eigenvalue weighted by Gasteiger charge is -2.37. The summed E-state index contributed by atoms with van der Waals surface area (Å²) in [7, 11) is -0.292. The lowest BCUT2D eigenvalue weighted by molar-refractivity contribution is -0.131. The van der Waals surface area contributed by atoms with Gasteiger partial charge in [-0.3, -0.25) is 9.59 Å². The van der Waals surface area contributed by atoms with Gasteiger partial charge in [0.05, 0.1) is 11.7 Å².